The Labute approximate surface area is 115 Å². The summed E-state index contributed by atoms with van der Waals surface area (Å²) in [7, 11) is 0. The lowest BCUT2D eigenvalue weighted by Gasteiger charge is -2.13. The van der Waals surface area contributed by atoms with Gasteiger partial charge in [-0.15, -0.1) is 11.6 Å². The molecule has 4 heteroatoms. The van der Waals surface area contributed by atoms with Gasteiger partial charge in [-0.25, -0.2) is 0 Å². The minimum atomic E-state index is -0.0306. The van der Waals surface area contributed by atoms with E-state index in [1.54, 1.807) is 0 Å². The number of rotatable bonds is 4. The summed E-state index contributed by atoms with van der Waals surface area (Å²) in [5, 5.41) is 2.97. The Balaban J connectivity index is 2.02. The van der Waals surface area contributed by atoms with Crippen LogP contribution in [0.1, 0.15) is 28.8 Å². The summed E-state index contributed by atoms with van der Waals surface area (Å²) in [6.07, 6.45) is 2.23. The Morgan fingerprint density at radius 1 is 1.53 bits per heavy atom. The Kier molecular flexibility index (Phi) is 3.79. The third-order valence-corrected chi connectivity index (χ3v) is 4.92. The van der Waals surface area contributed by atoms with Gasteiger partial charge in [0.15, 0.2) is 0 Å². The summed E-state index contributed by atoms with van der Waals surface area (Å²) >= 11 is 9.33. The van der Waals surface area contributed by atoms with E-state index in [0.29, 0.717) is 18.0 Å². The van der Waals surface area contributed by atoms with Crippen LogP contribution in [0.3, 0.4) is 0 Å². The number of alkyl halides is 1. The highest BCUT2D eigenvalue weighted by molar-refractivity contribution is 9.10. The molecule has 1 N–H and O–H groups in total. The number of nitrogens with one attached hydrogen (secondary N) is 1. The second-order valence-corrected chi connectivity index (χ2v) is 5.81. The molecule has 1 aliphatic carbocycles. The summed E-state index contributed by atoms with van der Waals surface area (Å²) in [4.78, 5) is 12.0. The zero-order chi connectivity index (χ0) is 12.5. The second kappa shape index (κ2) is 4.99. The first kappa shape index (κ1) is 12.9. The van der Waals surface area contributed by atoms with Gasteiger partial charge in [-0.1, -0.05) is 12.1 Å². The van der Waals surface area contributed by atoms with Crippen LogP contribution < -0.4 is 5.32 Å². The number of hydrogen-bond acceptors (Lipinski definition) is 1. The summed E-state index contributed by atoms with van der Waals surface area (Å²) in [5.74, 6) is 0.597. The number of halogens is 2. The summed E-state index contributed by atoms with van der Waals surface area (Å²) in [6.45, 7) is 2.65. The van der Waals surface area contributed by atoms with Gasteiger partial charge in [0.25, 0.3) is 5.91 Å². The molecule has 2 rings (SSSR count). The number of carbonyl (C=O) groups excluding carboxylic acids is 1. The van der Waals surface area contributed by atoms with Crippen LogP contribution in [0.4, 0.5) is 0 Å². The lowest BCUT2D eigenvalue weighted by Crippen LogP contribution is -2.31. The molecule has 0 saturated heterocycles. The van der Waals surface area contributed by atoms with Crippen molar-refractivity contribution in [1.82, 2.24) is 5.32 Å². The average Bonchev–Trinajstić information content (AvgIpc) is 3.10. The molecule has 17 heavy (non-hydrogen) atoms. The molecule has 0 aromatic heterocycles. The van der Waals surface area contributed by atoms with Crippen molar-refractivity contribution >= 4 is 33.4 Å². The molecule has 0 heterocycles. The third-order valence-electron chi connectivity index (χ3n) is 3.30. The first-order chi connectivity index (χ1) is 8.08. The van der Waals surface area contributed by atoms with Crippen molar-refractivity contribution in [2.75, 3.05) is 12.4 Å². The number of hydrogen-bond donors (Lipinski definition) is 1. The summed E-state index contributed by atoms with van der Waals surface area (Å²) in [6, 6.07) is 5.69. The van der Waals surface area contributed by atoms with Crippen LogP contribution in [0.2, 0.25) is 0 Å². The Morgan fingerprint density at radius 2 is 2.24 bits per heavy atom. The van der Waals surface area contributed by atoms with Gasteiger partial charge >= 0.3 is 0 Å². The van der Waals surface area contributed by atoms with E-state index in [9.17, 15) is 4.79 Å². The lowest BCUT2D eigenvalue weighted by molar-refractivity contribution is 0.0945. The van der Waals surface area contributed by atoms with Crippen molar-refractivity contribution in [3.63, 3.8) is 0 Å². The predicted molar refractivity (Wildman–Crippen MR) is 73.6 cm³/mol. The van der Waals surface area contributed by atoms with Crippen molar-refractivity contribution in [1.29, 1.82) is 0 Å². The van der Waals surface area contributed by atoms with Crippen LogP contribution in [0.15, 0.2) is 22.7 Å². The molecule has 0 aliphatic heterocycles. The number of carbonyl (C=O) groups is 1. The van der Waals surface area contributed by atoms with E-state index in [1.165, 1.54) is 0 Å². The normalized spacial score (nSPS) is 16.6. The molecule has 0 bridgehead atoms. The molecule has 0 radical (unpaired) electrons. The highest BCUT2D eigenvalue weighted by atomic mass is 79.9. The monoisotopic (exact) mass is 315 g/mol. The summed E-state index contributed by atoms with van der Waals surface area (Å²) < 4.78 is 0.869. The van der Waals surface area contributed by atoms with Crippen molar-refractivity contribution in [3.8, 4) is 0 Å². The fraction of sp³-hybridized carbons (Fsp3) is 0.462. The van der Waals surface area contributed by atoms with Crippen LogP contribution in [0, 0.1) is 12.3 Å². The first-order valence-corrected chi connectivity index (χ1v) is 7.00. The molecular formula is C13H15BrClNO. The molecule has 1 amide bonds. The molecule has 2 nitrogen and oxygen atoms in total. The molecule has 1 fully saturated rings. The van der Waals surface area contributed by atoms with E-state index in [1.807, 2.05) is 25.1 Å². The zero-order valence-corrected chi connectivity index (χ0v) is 12.1. The molecule has 1 saturated carbocycles. The molecule has 1 aromatic rings. The van der Waals surface area contributed by atoms with Gasteiger partial charge in [0.1, 0.15) is 0 Å². The van der Waals surface area contributed by atoms with E-state index in [0.717, 1.165) is 22.9 Å². The van der Waals surface area contributed by atoms with E-state index in [-0.39, 0.29) is 11.3 Å². The maximum atomic E-state index is 12.0. The molecular weight excluding hydrogens is 302 g/mol. The van der Waals surface area contributed by atoms with Crippen LogP contribution in [-0.2, 0) is 0 Å². The zero-order valence-electron chi connectivity index (χ0n) is 9.72. The average molecular weight is 317 g/mol. The topological polar surface area (TPSA) is 29.1 Å². The van der Waals surface area contributed by atoms with Crippen molar-refractivity contribution in [2.24, 2.45) is 5.41 Å². The van der Waals surface area contributed by atoms with E-state index < -0.39 is 0 Å². The molecule has 0 spiro atoms. The van der Waals surface area contributed by atoms with Gasteiger partial charge in [-0.2, -0.15) is 0 Å². The SMILES string of the molecule is Cc1cccc(C(=O)NCC2(CCl)CC2)c1Br. The second-order valence-electron chi connectivity index (χ2n) is 4.75. The third kappa shape index (κ3) is 2.83. The number of amides is 1. The minimum absolute atomic E-state index is 0.0306. The van der Waals surface area contributed by atoms with E-state index in [2.05, 4.69) is 21.2 Å². The Morgan fingerprint density at radius 3 is 2.82 bits per heavy atom. The fourth-order valence-corrected chi connectivity index (χ4v) is 2.53. The van der Waals surface area contributed by atoms with Gasteiger partial charge in [0.2, 0.25) is 0 Å². The maximum absolute atomic E-state index is 12.0. The standard InChI is InChI=1S/C13H15BrClNO/c1-9-3-2-4-10(11(9)14)12(17)16-8-13(7-15)5-6-13/h2-4H,5-8H2,1H3,(H,16,17). The minimum Gasteiger partial charge on any atom is -0.351 e. The highest BCUT2D eigenvalue weighted by Gasteiger charge is 2.41. The van der Waals surface area contributed by atoms with Gasteiger partial charge < -0.3 is 5.32 Å². The van der Waals surface area contributed by atoms with Crippen LogP contribution in [0.25, 0.3) is 0 Å². The smallest absolute Gasteiger partial charge is 0.252 e. The van der Waals surface area contributed by atoms with Crippen molar-refractivity contribution < 1.29 is 4.79 Å². The quantitative estimate of drug-likeness (QED) is 0.846. The number of benzene rings is 1. The largest absolute Gasteiger partial charge is 0.351 e. The van der Waals surface area contributed by atoms with Crippen LogP contribution >= 0.6 is 27.5 Å². The van der Waals surface area contributed by atoms with Crippen molar-refractivity contribution in [2.45, 2.75) is 19.8 Å². The molecule has 1 aliphatic rings. The van der Waals surface area contributed by atoms with Gasteiger partial charge in [-0.05, 0) is 47.3 Å². The first-order valence-electron chi connectivity index (χ1n) is 5.67. The lowest BCUT2D eigenvalue weighted by atomic mass is 10.1. The molecule has 1 aromatic carbocycles. The maximum Gasteiger partial charge on any atom is 0.252 e. The van der Waals surface area contributed by atoms with Gasteiger partial charge in [0, 0.05) is 22.3 Å². The van der Waals surface area contributed by atoms with E-state index in [4.69, 9.17) is 11.6 Å². The molecule has 0 unspecified atom stereocenters. The fourth-order valence-electron chi connectivity index (χ4n) is 1.72. The Bertz CT molecular complexity index is 443. The molecule has 0 atom stereocenters. The number of aryl methyl sites for hydroxylation is 1. The van der Waals surface area contributed by atoms with Crippen molar-refractivity contribution in [3.05, 3.63) is 33.8 Å². The predicted octanol–water partition coefficient (Wildman–Crippen LogP) is 3.51. The van der Waals surface area contributed by atoms with E-state index >= 15 is 0 Å². The van der Waals surface area contributed by atoms with Crippen LogP contribution in [0.5, 0.6) is 0 Å². The summed E-state index contributed by atoms with van der Waals surface area (Å²) in [5.41, 5.74) is 1.92. The van der Waals surface area contributed by atoms with Crippen LogP contribution in [-0.4, -0.2) is 18.3 Å². The molecule has 92 valence electrons. The van der Waals surface area contributed by atoms with Gasteiger partial charge in [0.05, 0.1) is 5.56 Å². The highest BCUT2D eigenvalue weighted by Crippen LogP contribution is 2.45. The Hall–Kier alpha value is -0.540. The van der Waals surface area contributed by atoms with Gasteiger partial charge in [-0.3, -0.25) is 4.79 Å².